The summed E-state index contributed by atoms with van der Waals surface area (Å²) in [6.45, 7) is 0. The van der Waals surface area contributed by atoms with Crippen LogP contribution >= 0.6 is 0 Å². The van der Waals surface area contributed by atoms with Gasteiger partial charge in [0, 0.05) is 19.3 Å². The first kappa shape index (κ1) is 19.7. The Balaban J connectivity index is 1.75. The number of hydrogen-bond donors (Lipinski definition) is 0. The number of rotatable bonds is 5. The van der Waals surface area contributed by atoms with Gasteiger partial charge >= 0.3 is 6.18 Å². The Bertz CT molecular complexity index is 1040. The molecule has 3 rings (SSSR count). The lowest BCUT2D eigenvalue weighted by Crippen LogP contribution is -2.26. The molecular formula is C19H15F3N2O3S. The zero-order valence-electron chi connectivity index (χ0n) is 14.6. The molecule has 0 aliphatic rings. The summed E-state index contributed by atoms with van der Waals surface area (Å²) in [6, 6.07) is 16.0. The van der Waals surface area contributed by atoms with Crippen LogP contribution in [-0.2, 0) is 16.2 Å². The molecule has 0 aliphatic heterocycles. The van der Waals surface area contributed by atoms with Crippen molar-refractivity contribution in [1.29, 1.82) is 0 Å². The summed E-state index contributed by atoms with van der Waals surface area (Å²) in [5.74, 6) is 0.299. The molecule has 0 spiro atoms. The quantitative estimate of drug-likeness (QED) is 0.613. The van der Waals surface area contributed by atoms with Gasteiger partial charge in [0.05, 0.1) is 16.1 Å². The van der Waals surface area contributed by atoms with Gasteiger partial charge in [-0.2, -0.15) is 13.2 Å². The predicted molar refractivity (Wildman–Crippen MR) is 97.8 cm³/mol. The van der Waals surface area contributed by atoms with Crippen molar-refractivity contribution in [3.8, 4) is 11.6 Å². The molecule has 0 saturated carbocycles. The molecule has 3 aromatic rings. The van der Waals surface area contributed by atoms with Gasteiger partial charge in [-0.05, 0) is 42.5 Å². The number of benzene rings is 2. The third kappa shape index (κ3) is 4.25. The average molecular weight is 408 g/mol. The fraction of sp³-hybridized carbons (Fsp3) is 0.105. The van der Waals surface area contributed by atoms with E-state index in [1.54, 1.807) is 18.2 Å². The van der Waals surface area contributed by atoms with Gasteiger partial charge in [0.1, 0.15) is 5.75 Å². The van der Waals surface area contributed by atoms with Crippen molar-refractivity contribution >= 4 is 15.7 Å². The SMILES string of the molecule is CN(c1ccc(Oc2ccc(C(F)(F)F)cn2)cc1)S(=O)(=O)c1ccccc1. The van der Waals surface area contributed by atoms with Gasteiger partial charge in [0.25, 0.3) is 10.0 Å². The number of ether oxygens (including phenoxy) is 1. The van der Waals surface area contributed by atoms with Crippen molar-refractivity contribution in [2.75, 3.05) is 11.4 Å². The smallest absolute Gasteiger partial charge is 0.417 e. The third-order valence-corrected chi connectivity index (χ3v) is 5.69. The third-order valence-electron chi connectivity index (χ3n) is 3.89. The van der Waals surface area contributed by atoms with Crippen molar-refractivity contribution in [3.05, 3.63) is 78.5 Å². The summed E-state index contributed by atoms with van der Waals surface area (Å²) in [7, 11) is -2.28. The Kier molecular flexibility index (Phi) is 5.28. The molecule has 1 aromatic heterocycles. The number of pyridine rings is 1. The second kappa shape index (κ2) is 7.51. The lowest BCUT2D eigenvalue weighted by molar-refractivity contribution is -0.137. The first-order valence-electron chi connectivity index (χ1n) is 8.03. The molecule has 1 heterocycles. The maximum Gasteiger partial charge on any atom is 0.417 e. The molecular weight excluding hydrogens is 393 g/mol. The highest BCUT2D eigenvalue weighted by atomic mass is 32.2. The van der Waals surface area contributed by atoms with Crippen molar-refractivity contribution in [3.63, 3.8) is 0 Å². The van der Waals surface area contributed by atoms with Gasteiger partial charge in [-0.3, -0.25) is 4.31 Å². The maximum atomic E-state index is 12.6. The standard InChI is InChI=1S/C19H15F3N2O3S/c1-24(28(25,26)17-5-3-2-4-6-17)15-8-10-16(11-9-15)27-18-12-7-14(13-23-18)19(20,21)22/h2-13H,1H3. The molecule has 0 aliphatic carbocycles. The summed E-state index contributed by atoms with van der Waals surface area (Å²) in [5.41, 5.74) is -0.473. The van der Waals surface area contributed by atoms with E-state index in [0.29, 0.717) is 17.6 Å². The lowest BCUT2D eigenvalue weighted by Gasteiger charge is -2.19. The first-order valence-corrected chi connectivity index (χ1v) is 9.47. The summed E-state index contributed by atoms with van der Waals surface area (Å²) < 4.78 is 69.4. The molecule has 2 aromatic carbocycles. The van der Waals surface area contributed by atoms with Crippen molar-refractivity contribution < 1.29 is 26.3 Å². The van der Waals surface area contributed by atoms with E-state index in [0.717, 1.165) is 16.4 Å². The molecule has 9 heteroatoms. The van der Waals surface area contributed by atoms with Crippen LogP contribution in [0.25, 0.3) is 0 Å². The normalized spacial score (nSPS) is 11.9. The van der Waals surface area contributed by atoms with E-state index in [4.69, 9.17) is 4.74 Å². The predicted octanol–water partition coefficient (Wildman–Crippen LogP) is 4.72. The van der Waals surface area contributed by atoms with Crippen LogP contribution in [-0.4, -0.2) is 20.4 Å². The molecule has 0 amide bonds. The minimum absolute atomic E-state index is 0.00832. The van der Waals surface area contributed by atoms with E-state index in [1.165, 1.54) is 43.4 Å². The Labute approximate surface area is 160 Å². The van der Waals surface area contributed by atoms with Crippen molar-refractivity contribution in [2.45, 2.75) is 11.1 Å². The lowest BCUT2D eigenvalue weighted by atomic mass is 10.3. The van der Waals surface area contributed by atoms with Gasteiger partial charge in [-0.1, -0.05) is 18.2 Å². The summed E-state index contributed by atoms with van der Waals surface area (Å²) in [5, 5.41) is 0. The highest BCUT2D eigenvalue weighted by molar-refractivity contribution is 7.92. The van der Waals surface area contributed by atoms with Crippen LogP contribution < -0.4 is 9.04 Å². The Hall–Kier alpha value is -3.07. The topological polar surface area (TPSA) is 59.5 Å². The van der Waals surface area contributed by atoms with E-state index in [2.05, 4.69) is 4.98 Å². The second-order valence-corrected chi connectivity index (χ2v) is 7.73. The van der Waals surface area contributed by atoms with E-state index < -0.39 is 21.8 Å². The van der Waals surface area contributed by atoms with Gasteiger partial charge in [-0.15, -0.1) is 0 Å². The molecule has 0 atom stereocenters. The van der Waals surface area contributed by atoms with Crippen LogP contribution in [0.15, 0.2) is 77.8 Å². The van der Waals surface area contributed by atoms with Crippen LogP contribution in [0.3, 0.4) is 0 Å². The molecule has 5 nitrogen and oxygen atoms in total. The van der Waals surface area contributed by atoms with Crippen molar-refractivity contribution in [2.24, 2.45) is 0 Å². The van der Waals surface area contributed by atoms with Crippen LogP contribution in [0, 0.1) is 0 Å². The van der Waals surface area contributed by atoms with E-state index in [1.807, 2.05) is 0 Å². The Morgan fingerprint density at radius 3 is 2.11 bits per heavy atom. The Morgan fingerprint density at radius 2 is 1.57 bits per heavy atom. The minimum Gasteiger partial charge on any atom is -0.439 e. The van der Waals surface area contributed by atoms with E-state index >= 15 is 0 Å². The number of nitrogens with zero attached hydrogens (tertiary/aromatic N) is 2. The van der Waals surface area contributed by atoms with Crippen LogP contribution in [0.5, 0.6) is 11.6 Å². The van der Waals surface area contributed by atoms with Crippen molar-refractivity contribution in [1.82, 2.24) is 4.98 Å². The molecule has 0 unspecified atom stereocenters. The molecule has 0 N–H and O–H groups in total. The largest absolute Gasteiger partial charge is 0.439 e. The summed E-state index contributed by atoms with van der Waals surface area (Å²) in [4.78, 5) is 3.79. The molecule has 0 radical (unpaired) electrons. The van der Waals surface area contributed by atoms with Crippen LogP contribution in [0.4, 0.5) is 18.9 Å². The van der Waals surface area contributed by atoms with E-state index in [9.17, 15) is 21.6 Å². The molecule has 0 fully saturated rings. The van der Waals surface area contributed by atoms with Gasteiger partial charge in [0.2, 0.25) is 5.88 Å². The fourth-order valence-corrected chi connectivity index (χ4v) is 3.56. The highest BCUT2D eigenvalue weighted by Crippen LogP contribution is 2.30. The fourth-order valence-electron chi connectivity index (χ4n) is 2.34. The first-order chi connectivity index (χ1) is 13.2. The molecule has 146 valence electrons. The van der Waals surface area contributed by atoms with Gasteiger partial charge in [-0.25, -0.2) is 13.4 Å². The zero-order chi connectivity index (χ0) is 20.4. The maximum absolute atomic E-state index is 12.6. The second-order valence-electron chi connectivity index (χ2n) is 5.76. The highest BCUT2D eigenvalue weighted by Gasteiger charge is 2.30. The summed E-state index contributed by atoms with van der Waals surface area (Å²) in [6.07, 6.45) is -3.79. The Morgan fingerprint density at radius 1 is 0.929 bits per heavy atom. The molecule has 28 heavy (non-hydrogen) atoms. The average Bonchev–Trinajstić information content (AvgIpc) is 2.68. The number of hydrogen-bond acceptors (Lipinski definition) is 4. The van der Waals surface area contributed by atoms with Gasteiger partial charge < -0.3 is 4.74 Å². The van der Waals surface area contributed by atoms with Crippen LogP contribution in [0.2, 0.25) is 0 Å². The number of sulfonamides is 1. The number of halogens is 3. The number of alkyl halides is 3. The summed E-state index contributed by atoms with van der Waals surface area (Å²) >= 11 is 0. The number of anilines is 1. The molecule has 0 saturated heterocycles. The van der Waals surface area contributed by atoms with Gasteiger partial charge in [0.15, 0.2) is 0 Å². The van der Waals surface area contributed by atoms with E-state index in [-0.39, 0.29) is 10.8 Å². The molecule has 0 bridgehead atoms. The minimum atomic E-state index is -4.47. The monoisotopic (exact) mass is 408 g/mol. The zero-order valence-corrected chi connectivity index (χ0v) is 15.4. The number of aromatic nitrogens is 1. The van der Waals surface area contributed by atoms with Crippen LogP contribution in [0.1, 0.15) is 5.56 Å².